The summed E-state index contributed by atoms with van der Waals surface area (Å²) in [5, 5.41) is 10.7. The van der Waals surface area contributed by atoms with Crippen molar-refractivity contribution >= 4 is 43.3 Å². The lowest BCUT2D eigenvalue weighted by Gasteiger charge is -2.20. The number of aryl methyl sites for hydroxylation is 1. The van der Waals surface area contributed by atoms with E-state index in [4.69, 9.17) is 9.97 Å². The Hall–Kier alpha value is -2.29. The Kier molecular flexibility index (Phi) is 4.85. The Balaban J connectivity index is 1.76. The normalized spacial score (nSPS) is 16.8. The number of hydrogen-bond acceptors (Lipinski definition) is 6. The molecule has 1 atom stereocenters. The molecule has 1 unspecified atom stereocenters. The highest BCUT2D eigenvalue weighted by molar-refractivity contribution is 9.11. The van der Waals surface area contributed by atoms with Crippen LogP contribution in [0.3, 0.4) is 0 Å². The number of thiophene rings is 1. The van der Waals surface area contributed by atoms with Crippen LogP contribution in [0.15, 0.2) is 46.5 Å². The SMILES string of the molecule is Cn1ccnc1-c1nc(N2CCC(CO)C2)c2c(-c3ccccc3)c(Br)sc2n1. The second kappa shape index (κ2) is 7.51. The molecule has 0 bridgehead atoms. The molecular formula is C21H20BrN5OS. The number of halogens is 1. The van der Waals surface area contributed by atoms with Crippen LogP contribution in [0.4, 0.5) is 5.82 Å². The minimum absolute atomic E-state index is 0.204. The van der Waals surface area contributed by atoms with Crippen LogP contribution in [0.2, 0.25) is 0 Å². The summed E-state index contributed by atoms with van der Waals surface area (Å²) >= 11 is 5.40. The zero-order valence-corrected chi connectivity index (χ0v) is 18.3. The maximum Gasteiger partial charge on any atom is 0.199 e. The van der Waals surface area contributed by atoms with Crippen molar-refractivity contribution < 1.29 is 5.11 Å². The molecule has 0 radical (unpaired) electrons. The van der Waals surface area contributed by atoms with Gasteiger partial charge in [0.1, 0.15) is 10.6 Å². The number of aliphatic hydroxyl groups is 1. The molecule has 1 aromatic carbocycles. The maximum atomic E-state index is 9.64. The van der Waals surface area contributed by atoms with Crippen LogP contribution in [0, 0.1) is 5.92 Å². The second-order valence-corrected chi connectivity index (χ2v) is 9.63. The van der Waals surface area contributed by atoms with Crippen molar-refractivity contribution in [1.82, 2.24) is 19.5 Å². The largest absolute Gasteiger partial charge is 0.396 e. The predicted molar refractivity (Wildman–Crippen MR) is 120 cm³/mol. The molecular weight excluding hydrogens is 450 g/mol. The van der Waals surface area contributed by atoms with Crippen molar-refractivity contribution in [3.8, 4) is 22.8 Å². The average molecular weight is 470 g/mol. The van der Waals surface area contributed by atoms with Crippen LogP contribution in [0.25, 0.3) is 33.0 Å². The number of hydrogen-bond donors (Lipinski definition) is 1. The molecule has 6 nitrogen and oxygen atoms in total. The van der Waals surface area contributed by atoms with Crippen molar-refractivity contribution in [3.63, 3.8) is 0 Å². The number of rotatable bonds is 4. The molecule has 1 aliphatic rings. The molecule has 4 aromatic rings. The van der Waals surface area contributed by atoms with Gasteiger partial charge in [-0.15, -0.1) is 11.3 Å². The molecule has 148 valence electrons. The third-order valence-electron chi connectivity index (χ3n) is 5.42. The standard InChI is InChI=1S/C21H20BrN5OS/c1-26-10-8-23-20(26)18-24-19(27-9-7-13(11-27)12-28)16-15(14-5-3-2-4-6-14)17(22)29-21(16)25-18/h2-6,8,10,13,28H,7,9,11-12H2,1H3. The fraction of sp³-hybridized carbons (Fsp3) is 0.286. The molecule has 1 fully saturated rings. The molecule has 0 saturated carbocycles. The van der Waals surface area contributed by atoms with E-state index in [1.807, 2.05) is 36.0 Å². The van der Waals surface area contributed by atoms with Gasteiger partial charge in [0, 0.05) is 50.6 Å². The first-order chi connectivity index (χ1) is 14.2. The summed E-state index contributed by atoms with van der Waals surface area (Å²) < 4.78 is 2.98. The van der Waals surface area contributed by atoms with Gasteiger partial charge < -0.3 is 14.6 Å². The highest BCUT2D eigenvalue weighted by Crippen LogP contribution is 2.46. The van der Waals surface area contributed by atoms with E-state index >= 15 is 0 Å². The first kappa shape index (κ1) is 18.7. The van der Waals surface area contributed by atoms with Gasteiger partial charge in [0.15, 0.2) is 11.6 Å². The van der Waals surface area contributed by atoms with E-state index in [1.165, 1.54) is 0 Å². The van der Waals surface area contributed by atoms with Crippen molar-refractivity contribution in [2.45, 2.75) is 6.42 Å². The fourth-order valence-electron chi connectivity index (χ4n) is 3.90. The molecule has 1 saturated heterocycles. The van der Waals surface area contributed by atoms with Crippen LogP contribution in [-0.2, 0) is 7.05 Å². The Morgan fingerprint density at radius 3 is 2.76 bits per heavy atom. The van der Waals surface area contributed by atoms with E-state index in [2.05, 4.69) is 37.9 Å². The molecule has 29 heavy (non-hydrogen) atoms. The lowest BCUT2D eigenvalue weighted by Crippen LogP contribution is -2.22. The van der Waals surface area contributed by atoms with Gasteiger partial charge in [-0.1, -0.05) is 30.3 Å². The molecule has 1 N–H and O–H groups in total. The van der Waals surface area contributed by atoms with Crippen molar-refractivity contribution in [3.05, 3.63) is 46.5 Å². The number of fused-ring (bicyclic) bond motifs is 1. The first-order valence-corrected chi connectivity index (χ1v) is 11.2. The predicted octanol–water partition coefficient (Wildman–Crippen LogP) is 4.34. The summed E-state index contributed by atoms with van der Waals surface area (Å²) in [6.07, 6.45) is 4.63. The van der Waals surface area contributed by atoms with Gasteiger partial charge in [-0.3, -0.25) is 0 Å². The van der Waals surface area contributed by atoms with Crippen molar-refractivity contribution in [2.24, 2.45) is 13.0 Å². The van der Waals surface area contributed by atoms with Crippen LogP contribution in [0.5, 0.6) is 0 Å². The van der Waals surface area contributed by atoms with Gasteiger partial charge in [0.2, 0.25) is 0 Å². The van der Waals surface area contributed by atoms with E-state index in [1.54, 1.807) is 17.5 Å². The van der Waals surface area contributed by atoms with Crippen LogP contribution < -0.4 is 4.90 Å². The number of anilines is 1. The highest BCUT2D eigenvalue weighted by atomic mass is 79.9. The fourth-order valence-corrected chi connectivity index (χ4v) is 5.71. The molecule has 4 heterocycles. The average Bonchev–Trinajstić information content (AvgIpc) is 3.45. The summed E-state index contributed by atoms with van der Waals surface area (Å²) in [4.78, 5) is 17.5. The molecule has 8 heteroatoms. The Morgan fingerprint density at radius 1 is 1.24 bits per heavy atom. The van der Waals surface area contributed by atoms with E-state index in [-0.39, 0.29) is 12.5 Å². The first-order valence-electron chi connectivity index (χ1n) is 9.54. The zero-order chi connectivity index (χ0) is 20.0. The molecule has 5 rings (SSSR count). The summed E-state index contributed by atoms with van der Waals surface area (Å²) in [7, 11) is 1.95. The second-order valence-electron chi connectivity index (χ2n) is 7.31. The van der Waals surface area contributed by atoms with E-state index in [0.717, 1.165) is 56.3 Å². The van der Waals surface area contributed by atoms with E-state index < -0.39 is 0 Å². The van der Waals surface area contributed by atoms with Crippen LogP contribution in [-0.4, -0.2) is 44.3 Å². The summed E-state index contributed by atoms with van der Waals surface area (Å²) in [6.45, 7) is 1.87. The number of aliphatic hydroxyl groups excluding tert-OH is 1. The third kappa shape index (κ3) is 3.25. The Labute approximate surface area is 181 Å². The third-order valence-corrected chi connectivity index (χ3v) is 7.17. The number of aromatic nitrogens is 4. The summed E-state index contributed by atoms with van der Waals surface area (Å²) in [6, 6.07) is 10.3. The van der Waals surface area contributed by atoms with Gasteiger partial charge in [-0.05, 0) is 27.9 Å². The smallest absolute Gasteiger partial charge is 0.199 e. The van der Waals surface area contributed by atoms with Crippen LogP contribution in [0.1, 0.15) is 6.42 Å². The molecule has 1 aliphatic heterocycles. The van der Waals surface area contributed by atoms with Gasteiger partial charge >= 0.3 is 0 Å². The summed E-state index contributed by atoms with van der Waals surface area (Å²) in [5.74, 6) is 2.57. The topological polar surface area (TPSA) is 67.1 Å². The number of nitrogens with zero attached hydrogens (tertiary/aromatic N) is 5. The highest BCUT2D eigenvalue weighted by Gasteiger charge is 2.28. The van der Waals surface area contributed by atoms with Crippen molar-refractivity contribution in [2.75, 3.05) is 24.6 Å². The monoisotopic (exact) mass is 469 g/mol. The zero-order valence-electron chi connectivity index (χ0n) is 15.9. The van der Waals surface area contributed by atoms with E-state index in [0.29, 0.717) is 5.82 Å². The Morgan fingerprint density at radius 2 is 2.07 bits per heavy atom. The minimum atomic E-state index is 0.204. The summed E-state index contributed by atoms with van der Waals surface area (Å²) in [5.41, 5.74) is 2.26. The number of imidazole rings is 1. The quantitative estimate of drug-likeness (QED) is 0.481. The minimum Gasteiger partial charge on any atom is -0.396 e. The van der Waals surface area contributed by atoms with Gasteiger partial charge in [-0.2, -0.15) is 0 Å². The number of benzene rings is 1. The molecule has 3 aromatic heterocycles. The van der Waals surface area contributed by atoms with E-state index in [9.17, 15) is 5.11 Å². The van der Waals surface area contributed by atoms with Gasteiger partial charge in [0.25, 0.3) is 0 Å². The molecule has 0 spiro atoms. The lowest BCUT2D eigenvalue weighted by molar-refractivity contribution is 0.238. The van der Waals surface area contributed by atoms with Crippen molar-refractivity contribution in [1.29, 1.82) is 0 Å². The van der Waals surface area contributed by atoms with Gasteiger partial charge in [-0.25, -0.2) is 15.0 Å². The Bertz CT molecular complexity index is 1170. The molecule has 0 amide bonds. The lowest BCUT2D eigenvalue weighted by atomic mass is 10.1. The van der Waals surface area contributed by atoms with Crippen LogP contribution >= 0.6 is 27.3 Å². The molecule has 0 aliphatic carbocycles. The van der Waals surface area contributed by atoms with Gasteiger partial charge in [0.05, 0.1) is 9.17 Å². The maximum absolute atomic E-state index is 9.64.